The summed E-state index contributed by atoms with van der Waals surface area (Å²) in [6.45, 7) is 9.44. The fourth-order valence-corrected chi connectivity index (χ4v) is 4.70. The summed E-state index contributed by atoms with van der Waals surface area (Å²) in [5.41, 5.74) is 7.33. The lowest BCUT2D eigenvalue weighted by atomic mass is 9.97. The van der Waals surface area contributed by atoms with Crippen LogP contribution < -0.4 is 20.7 Å². The smallest absolute Gasteiger partial charge is 0.330 e. The van der Waals surface area contributed by atoms with Gasteiger partial charge in [0, 0.05) is 24.7 Å². The van der Waals surface area contributed by atoms with Gasteiger partial charge in [-0.25, -0.2) is 9.79 Å². The fraction of sp³-hybridized carbons (Fsp3) is 0.370. The van der Waals surface area contributed by atoms with Gasteiger partial charge < -0.3 is 9.47 Å². The van der Waals surface area contributed by atoms with E-state index in [0.29, 0.717) is 36.6 Å². The van der Waals surface area contributed by atoms with Crippen LogP contribution in [-0.2, 0) is 19.5 Å². The molecule has 4 rings (SSSR count). The van der Waals surface area contributed by atoms with Crippen LogP contribution in [0.1, 0.15) is 35.6 Å². The minimum absolute atomic E-state index is 0.160. The third kappa shape index (κ3) is 4.24. The van der Waals surface area contributed by atoms with Crippen LogP contribution in [0.3, 0.4) is 0 Å². The van der Waals surface area contributed by atoms with Crippen LogP contribution in [0.2, 0.25) is 0 Å². The van der Waals surface area contributed by atoms with Crippen molar-refractivity contribution in [1.29, 1.82) is 5.26 Å². The molecule has 0 saturated heterocycles. The third-order valence-electron chi connectivity index (χ3n) is 6.17. The van der Waals surface area contributed by atoms with E-state index in [2.05, 4.69) is 25.1 Å². The minimum atomic E-state index is -0.160. The van der Waals surface area contributed by atoms with Crippen LogP contribution in [0.25, 0.3) is 11.3 Å². The van der Waals surface area contributed by atoms with Gasteiger partial charge in [-0.15, -0.1) is 0 Å². The fourth-order valence-electron chi connectivity index (χ4n) is 4.70. The number of rotatable bonds is 6. The summed E-state index contributed by atoms with van der Waals surface area (Å²) in [6.07, 6.45) is 0.937. The van der Waals surface area contributed by atoms with E-state index in [4.69, 9.17) is 14.5 Å². The number of fused-ring (bicyclic) bond motifs is 3. The Kier molecular flexibility index (Phi) is 6.60. The molecule has 0 bridgehead atoms. The molecule has 0 N–H and O–H groups in total. The molecule has 0 atom stereocenters. The first kappa shape index (κ1) is 23.4. The van der Waals surface area contributed by atoms with Crippen molar-refractivity contribution in [1.82, 2.24) is 9.13 Å². The molecule has 1 aliphatic heterocycles. The second-order valence-electron chi connectivity index (χ2n) is 8.58. The number of aryl methyl sites for hydroxylation is 4. The van der Waals surface area contributed by atoms with Crippen LogP contribution >= 0.6 is 0 Å². The summed E-state index contributed by atoms with van der Waals surface area (Å²) < 4.78 is 14.7. The van der Waals surface area contributed by atoms with E-state index in [1.807, 2.05) is 39.0 Å². The molecule has 7 heteroatoms. The molecule has 0 radical (unpaired) electrons. The van der Waals surface area contributed by atoms with Gasteiger partial charge >= 0.3 is 5.69 Å². The molecule has 1 aliphatic rings. The van der Waals surface area contributed by atoms with Crippen molar-refractivity contribution in [2.24, 2.45) is 4.99 Å². The van der Waals surface area contributed by atoms with Gasteiger partial charge in [0.25, 0.3) is 0 Å². The van der Waals surface area contributed by atoms with Crippen LogP contribution in [0.4, 0.5) is 5.69 Å². The lowest BCUT2D eigenvalue weighted by Crippen LogP contribution is -2.42. The molecular formula is C27H30N4O3. The van der Waals surface area contributed by atoms with Crippen molar-refractivity contribution >= 4 is 5.69 Å². The molecule has 0 saturated carbocycles. The van der Waals surface area contributed by atoms with Gasteiger partial charge in [0.05, 0.1) is 37.6 Å². The van der Waals surface area contributed by atoms with Crippen molar-refractivity contribution in [3.05, 3.63) is 68.6 Å². The van der Waals surface area contributed by atoms with Crippen LogP contribution in [0.5, 0.6) is 11.5 Å². The third-order valence-corrected chi connectivity index (χ3v) is 6.17. The molecule has 34 heavy (non-hydrogen) atoms. The second kappa shape index (κ2) is 9.60. The maximum Gasteiger partial charge on any atom is 0.330 e. The van der Waals surface area contributed by atoms with E-state index < -0.39 is 0 Å². The van der Waals surface area contributed by atoms with Crippen molar-refractivity contribution < 1.29 is 9.47 Å². The number of nitrogens with zero attached hydrogens (tertiary/aromatic N) is 4. The molecule has 0 aliphatic carbocycles. The molecule has 0 spiro atoms. The van der Waals surface area contributed by atoms with Gasteiger partial charge in [0.1, 0.15) is 5.49 Å². The number of hydrogen-bond acceptors (Lipinski definition) is 5. The van der Waals surface area contributed by atoms with Crippen LogP contribution in [-0.4, -0.2) is 22.9 Å². The predicted octanol–water partition coefficient (Wildman–Crippen LogP) is 4.35. The number of aromatic nitrogens is 2. The highest BCUT2D eigenvalue weighted by molar-refractivity contribution is 5.70. The zero-order valence-corrected chi connectivity index (χ0v) is 20.4. The molecule has 2 heterocycles. The zero-order valence-electron chi connectivity index (χ0n) is 20.4. The first-order valence-electron chi connectivity index (χ1n) is 11.6. The van der Waals surface area contributed by atoms with E-state index in [1.165, 1.54) is 5.56 Å². The molecular weight excluding hydrogens is 428 g/mol. The zero-order chi connectivity index (χ0) is 24.4. The van der Waals surface area contributed by atoms with Crippen molar-refractivity contribution in [2.75, 3.05) is 13.7 Å². The highest BCUT2D eigenvalue weighted by Crippen LogP contribution is 2.37. The van der Waals surface area contributed by atoms with E-state index in [1.54, 1.807) is 16.2 Å². The monoisotopic (exact) mass is 458 g/mol. The Balaban J connectivity index is 2.01. The van der Waals surface area contributed by atoms with Crippen molar-refractivity contribution in [3.8, 4) is 28.8 Å². The Morgan fingerprint density at radius 1 is 1.09 bits per heavy atom. The molecule has 7 nitrogen and oxygen atoms in total. The summed E-state index contributed by atoms with van der Waals surface area (Å²) in [6, 6.07) is 12.2. The number of hydrogen-bond donors (Lipinski definition) is 0. The lowest BCUT2D eigenvalue weighted by molar-refractivity contribution is 0.310. The van der Waals surface area contributed by atoms with Crippen LogP contribution in [0.15, 0.2) is 40.1 Å². The van der Waals surface area contributed by atoms with Crippen molar-refractivity contribution in [2.45, 2.75) is 53.6 Å². The summed E-state index contributed by atoms with van der Waals surface area (Å²) in [4.78, 5) is 18.5. The Bertz CT molecular complexity index is 1400. The average Bonchev–Trinajstić information content (AvgIpc) is 2.80. The SMILES string of the molecule is CCOc1cc2c(cc1OC)-c1cc(=Nc3c(C)cc(C)cc3C)n(CCC#N)c(=O)n1CC2. The average molecular weight is 459 g/mol. The topological polar surface area (TPSA) is 81.5 Å². The highest BCUT2D eigenvalue weighted by Gasteiger charge is 2.22. The summed E-state index contributed by atoms with van der Waals surface area (Å²) in [5, 5.41) is 9.19. The minimum Gasteiger partial charge on any atom is -0.493 e. The largest absolute Gasteiger partial charge is 0.493 e. The Morgan fingerprint density at radius 2 is 1.82 bits per heavy atom. The summed E-state index contributed by atoms with van der Waals surface area (Å²) in [5.74, 6) is 1.33. The maximum atomic E-state index is 13.6. The Labute approximate surface area is 199 Å². The Hall–Kier alpha value is -3.79. The van der Waals surface area contributed by atoms with Crippen LogP contribution in [0, 0.1) is 32.1 Å². The van der Waals surface area contributed by atoms with E-state index in [-0.39, 0.29) is 18.7 Å². The molecule has 176 valence electrons. The van der Waals surface area contributed by atoms with Gasteiger partial charge in [0.15, 0.2) is 11.5 Å². The van der Waals surface area contributed by atoms with E-state index in [9.17, 15) is 10.1 Å². The molecule has 2 aromatic carbocycles. The molecule has 0 unspecified atom stereocenters. The summed E-state index contributed by atoms with van der Waals surface area (Å²) >= 11 is 0. The van der Waals surface area contributed by atoms with E-state index >= 15 is 0 Å². The molecule has 0 amide bonds. The first-order chi connectivity index (χ1) is 16.4. The number of ether oxygens (including phenoxy) is 2. The summed E-state index contributed by atoms with van der Waals surface area (Å²) in [7, 11) is 1.62. The van der Waals surface area contributed by atoms with Gasteiger partial charge in [0.2, 0.25) is 0 Å². The second-order valence-corrected chi connectivity index (χ2v) is 8.58. The van der Waals surface area contributed by atoms with Gasteiger partial charge in [-0.1, -0.05) is 17.7 Å². The standard InChI is InChI=1S/C27H30N4O3/c1-6-34-24-14-20-8-11-30-22(21(20)15-23(24)33-5)16-25(31(27(30)32)10-7-9-28)29-26-18(3)12-17(2)13-19(26)4/h12-16H,6-8,10-11H2,1-5H3. The number of benzene rings is 2. The number of nitriles is 1. The van der Waals surface area contributed by atoms with Gasteiger partial charge in [-0.3, -0.25) is 9.13 Å². The van der Waals surface area contributed by atoms with E-state index in [0.717, 1.165) is 33.6 Å². The molecule has 1 aromatic heterocycles. The molecule has 3 aromatic rings. The number of methoxy groups -OCH3 is 1. The molecule has 0 fully saturated rings. The van der Waals surface area contributed by atoms with Gasteiger partial charge in [-0.2, -0.15) is 5.26 Å². The normalized spacial score (nSPS) is 12.6. The Morgan fingerprint density at radius 3 is 2.47 bits per heavy atom. The highest BCUT2D eigenvalue weighted by atomic mass is 16.5. The lowest BCUT2D eigenvalue weighted by Gasteiger charge is -2.24. The first-order valence-corrected chi connectivity index (χ1v) is 11.6. The van der Waals surface area contributed by atoms with Crippen molar-refractivity contribution in [3.63, 3.8) is 0 Å². The predicted molar refractivity (Wildman–Crippen MR) is 132 cm³/mol. The van der Waals surface area contributed by atoms with Gasteiger partial charge in [-0.05, 0) is 62.9 Å². The maximum absolute atomic E-state index is 13.6. The quantitative estimate of drug-likeness (QED) is 0.550.